The lowest BCUT2D eigenvalue weighted by Crippen LogP contribution is -2.48. The molecular weight excluding hydrogens is 517 g/mol. The van der Waals surface area contributed by atoms with Crippen molar-refractivity contribution < 1.29 is 14.2 Å². The lowest BCUT2D eigenvalue weighted by atomic mass is 10.1. The molecule has 3 N–H and O–H groups in total. The zero-order valence-electron chi connectivity index (χ0n) is 20.6. The van der Waals surface area contributed by atoms with Crippen molar-refractivity contribution in [3.8, 4) is 11.3 Å². The predicted octanol–water partition coefficient (Wildman–Crippen LogP) is 3.14. The van der Waals surface area contributed by atoms with Crippen LogP contribution in [0.25, 0.3) is 21.6 Å². The molecule has 0 bridgehead atoms. The second-order valence-corrected chi connectivity index (χ2v) is 10.6. The summed E-state index contributed by atoms with van der Waals surface area (Å²) in [7, 11) is 1.67. The number of ether oxygens (including phenoxy) is 1. The Morgan fingerprint density at radius 1 is 1.35 bits per heavy atom. The molecule has 1 aliphatic carbocycles. The number of thiazole rings is 1. The van der Waals surface area contributed by atoms with Crippen LogP contribution < -0.4 is 15.4 Å². The van der Waals surface area contributed by atoms with Gasteiger partial charge in [0, 0.05) is 42.2 Å². The van der Waals surface area contributed by atoms with Crippen LogP contribution in [0.4, 0.5) is 10.3 Å². The second-order valence-electron chi connectivity index (χ2n) is 9.15. The Kier molecular flexibility index (Phi) is 7.57. The summed E-state index contributed by atoms with van der Waals surface area (Å²) < 4.78 is 23.8. The number of benzene rings is 1. The van der Waals surface area contributed by atoms with E-state index in [1.54, 1.807) is 25.4 Å². The van der Waals surface area contributed by atoms with Gasteiger partial charge in [-0.15, -0.1) is 0 Å². The van der Waals surface area contributed by atoms with E-state index in [0.717, 1.165) is 18.4 Å². The Hall–Kier alpha value is -2.86. The van der Waals surface area contributed by atoms with E-state index in [1.807, 2.05) is 16.4 Å². The highest BCUT2D eigenvalue weighted by Crippen LogP contribution is 2.34. The van der Waals surface area contributed by atoms with Gasteiger partial charge in [-0.3, -0.25) is 14.6 Å². The summed E-state index contributed by atoms with van der Waals surface area (Å²) >= 11 is 7.38. The van der Waals surface area contributed by atoms with E-state index in [9.17, 15) is 5.11 Å². The van der Waals surface area contributed by atoms with Crippen LogP contribution in [-0.4, -0.2) is 70.9 Å². The van der Waals surface area contributed by atoms with Gasteiger partial charge in [-0.2, -0.15) is 4.98 Å². The van der Waals surface area contributed by atoms with Crippen LogP contribution in [0.15, 0.2) is 40.0 Å². The fourth-order valence-corrected chi connectivity index (χ4v) is 5.58. The number of aromatic nitrogens is 3. The molecule has 1 aromatic carbocycles. The molecule has 1 aliphatic heterocycles. The molecule has 196 valence electrons. The zero-order valence-corrected chi connectivity index (χ0v) is 22.2. The molecule has 12 heteroatoms. The maximum absolute atomic E-state index is 15.1. The zero-order chi connectivity index (χ0) is 26.1. The third kappa shape index (κ3) is 5.40. The number of rotatable bonds is 7. The van der Waals surface area contributed by atoms with Crippen LogP contribution in [-0.2, 0) is 11.3 Å². The third-order valence-corrected chi connectivity index (χ3v) is 7.71. The number of hydrogen-bond acceptors (Lipinski definition) is 9. The Bertz CT molecular complexity index is 1430. The lowest BCUT2D eigenvalue weighted by molar-refractivity contribution is 0.00666. The molecule has 5 rings (SSSR count). The molecule has 0 radical (unpaired) electrons. The lowest BCUT2D eigenvalue weighted by Gasteiger charge is -2.37. The topological polar surface area (TPSA) is 114 Å². The van der Waals surface area contributed by atoms with Gasteiger partial charge in [0.1, 0.15) is 16.6 Å². The Morgan fingerprint density at radius 3 is 2.84 bits per heavy atom. The molecule has 2 unspecified atom stereocenters. The molecule has 3 aromatic rings. The highest BCUT2D eigenvalue weighted by Gasteiger charge is 2.31. The number of nitrogens with two attached hydrogens (primary N) is 1. The molecule has 2 aromatic heterocycles. The van der Waals surface area contributed by atoms with Crippen LogP contribution in [0.3, 0.4) is 0 Å². The van der Waals surface area contributed by atoms with E-state index in [4.69, 9.17) is 32.0 Å². The van der Waals surface area contributed by atoms with E-state index >= 15 is 4.39 Å². The van der Waals surface area contributed by atoms with E-state index in [1.165, 1.54) is 23.6 Å². The molecule has 37 heavy (non-hydrogen) atoms. The van der Waals surface area contributed by atoms with Crippen LogP contribution in [0, 0.1) is 5.82 Å². The summed E-state index contributed by atoms with van der Waals surface area (Å²) in [5.41, 5.74) is 8.08. The van der Waals surface area contributed by atoms with E-state index in [2.05, 4.69) is 9.98 Å². The summed E-state index contributed by atoms with van der Waals surface area (Å²) in [4.78, 5) is 21.3. The summed E-state index contributed by atoms with van der Waals surface area (Å²) in [6.07, 6.45) is 5.09. The van der Waals surface area contributed by atoms with Crippen LogP contribution in [0.1, 0.15) is 19.8 Å². The number of fused-ring (bicyclic) bond motifs is 1. The van der Waals surface area contributed by atoms with Crippen molar-refractivity contribution in [2.24, 2.45) is 15.7 Å². The SMILES string of the molecule is CN=c1sc2c(-c3ccc(Cl)cc3F)nc(N3CC(C)OC(C(C=NC4CC4)=CN)C3)nc2n1CCO. The van der Waals surface area contributed by atoms with Gasteiger partial charge in [0.2, 0.25) is 5.95 Å². The first-order chi connectivity index (χ1) is 17.9. The van der Waals surface area contributed by atoms with E-state index in [0.29, 0.717) is 63.1 Å². The number of aliphatic hydroxyl groups is 1. The van der Waals surface area contributed by atoms with Gasteiger partial charge >= 0.3 is 0 Å². The van der Waals surface area contributed by atoms with Crippen molar-refractivity contribution in [1.82, 2.24) is 14.5 Å². The average Bonchev–Trinajstić information content (AvgIpc) is 3.64. The number of hydrogen-bond donors (Lipinski definition) is 2. The van der Waals surface area contributed by atoms with Crippen molar-refractivity contribution in [2.45, 2.75) is 44.6 Å². The average molecular weight is 546 g/mol. The highest BCUT2D eigenvalue weighted by atomic mass is 35.5. The molecule has 2 atom stereocenters. The third-order valence-electron chi connectivity index (χ3n) is 6.31. The van der Waals surface area contributed by atoms with E-state index < -0.39 is 5.82 Å². The normalized spacial score (nSPS) is 21.5. The van der Waals surface area contributed by atoms with Gasteiger partial charge in [0.15, 0.2) is 10.4 Å². The van der Waals surface area contributed by atoms with Gasteiger partial charge in [-0.25, -0.2) is 9.37 Å². The van der Waals surface area contributed by atoms with Crippen molar-refractivity contribution in [3.05, 3.63) is 45.6 Å². The molecule has 1 saturated carbocycles. The molecule has 1 saturated heterocycles. The summed E-state index contributed by atoms with van der Waals surface area (Å²) in [6, 6.07) is 4.90. The predicted molar refractivity (Wildman–Crippen MR) is 145 cm³/mol. The van der Waals surface area contributed by atoms with Crippen LogP contribution >= 0.6 is 22.9 Å². The minimum Gasteiger partial charge on any atom is -0.404 e. The molecule has 2 aliphatic rings. The maximum Gasteiger partial charge on any atom is 0.228 e. The smallest absolute Gasteiger partial charge is 0.228 e. The van der Waals surface area contributed by atoms with Crippen molar-refractivity contribution in [1.29, 1.82) is 0 Å². The summed E-state index contributed by atoms with van der Waals surface area (Å²) in [5.74, 6) is -0.0481. The molecular formula is C25H29ClFN7O2S. The Balaban J connectivity index is 1.62. The molecule has 3 heterocycles. The van der Waals surface area contributed by atoms with Crippen molar-refractivity contribution in [2.75, 3.05) is 31.6 Å². The van der Waals surface area contributed by atoms with Gasteiger partial charge in [-0.1, -0.05) is 22.9 Å². The summed E-state index contributed by atoms with van der Waals surface area (Å²) in [5, 5.41) is 10.0. The molecule has 0 amide bonds. The highest BCUT2D eigenvalue weighted by molar-refractivity contribution is 7.16. The van der Waals surface area contributed by atoms with E-state index in [-0.39, 0.29) is 18.8 Å². The largest absolute Gasteiger partial charge is 0.404 e. The first kappa shape index (κ1) is 25.8. The monoisotopic (exact) mass is 545 g/mol. The standard InChI is InChI=1S/C25H29ClFN7O2S/c1-14-12-33(13-20(36-14)15(10-28)11-30-17-4-5-17)24-31-21(18-6-3-16(26)9-19(18)27)22-23(32-24)34(7-8-35)25(29-2)37-22/h3,6,9-11,14,17,20,35H,4-5,7-8,12-13,28H2,1-2H3. The number of nitrogens with zero attached hydrogens (tertiary/aromatic N) is 6. The molecule has 2 fully saturated rings. The van der Waals surface area contributed by atoms with Gasteiger partial charge in [0.25, 0.3) is 0 Å². The Morgan fingerprint density at radius 2 is 2.16 bits per heavy atom. The number of morpholine rings is 1. The first-order valence-electron chi connectivity index (χ1n) is 12.2. The number of aliphatic imine (C=N–C) groups is 1. The fourth-order valence-electron chi connectivity index (χ4n) is 4.36. The number of halogens is 2. The van der Waals surface area contributed by atoms with Crippen molar-refractivity contribution >= 4 is 45.4 Å². The number of anilines is 1. The molecule has 0 spiro atoms. The quantitative estimate of drug-likeness (QED) is 0.441. The first-order valence-corrected chi connectivity index (χ1v) is 13.4. The van der Waals surface area contributed by atoms with Gasteiger partial charge in [0.05, 0.1) is 37.5 Å². The maximum atomic E-state index is 15.1. The second kappa shape index (κ2) is 10.9. The Labute approximate surface area is 222 Å². The minimum atomic E-state index is -0.478. The van der Waals surface area contributed by atoms with Crippen LogP contribution in [0.5, 0.6) is 0 Å². The number of aliphatic hydroxyl groups excluding tert-OH is 1. The summed E-state index contributed by atoms with van der Waals surface area (Å²) in [6.45, 7) is 3.18. The minimum absolute atomic E-state index is 0.0926. The van der Waals surface area contributed by atoms with Crippen molar-refractivity contribution in [3.63, 3.8) is 0 Å². The van der Waals surface area contributed by atoms with Gasteiger partial charge in [-0.05, 0) is 38.0 Å². The van der Waals surface area contributed by atoms with Crippen LogP contribution in [0.2, 0.25) is 5.02 Å². The fraction of sp³-hybridized carbons (Fsp3) is 0.440. The van der Waals surface area contributed by atoms with Gasteiger partial charge < -0.3 is 20.5 Å². The molecule has 9 nitrogen and oxygen atoms in total.